The lowest BCUT2D eigenvalue weighted by Gasteiger charge is -1.89. The lowest BCUT2D eigenvalue weighted by Crippen LogP contribution is -1.94. The molecule has 1 heterocycles. The Hall–Kier alpha value is -1.03. The normalized spacial score (nSPS) is 11.7. The minimum Gasteiger partial charge on any atom is -0.478 e. The molecule has 0 aliphatic heterocycles. The molecule has 0 fully saturated rings. The van der Waals surface area contributed by atoms with E-state index in [0.717, 1.165) is 0 Å². The van der Waals surface area contributed by atoms with Crippen molar-refractivity contribution in [2.45, 2.75) is 6.92 Å². The Morgan fingerprint density at radius 2 is 2.33 bits per heavy atom. The van der Waals surface area contributed by atoms with Crippen molar-refractivity contribution < 1.29 is 14.3 Å². The average molecular weight is 231 g/mol. The van der Waals surface area contributed by atoms with Gasteiger partial charge in [-0.2, -0.15) is 0 Å². The first-order chi connectivity index (χ1) is 5.59. The Balaban J connectivity index is 2.87. The molecule has 1 aromatic heterocycles. The van der Waals surface area contributed by atoms with Gasteiger partial charge in [0.15, 0.2) is 4.67 Å². The summed E-state index contributed by atoms with van der Waals surface area (Å²) in [5.41, 5.74) is 0.247. The summed E-state index contributed by atoms with van der Waals surface area (Å²) in [6, 6.07) is 3.40. The van der Waals surface area contributed by atoms with E-state index < -0.39 is 5.97 Å². The number of hydrogen-bond donors (Lipinski definition) is 1. The molecule has 0 saturated heterocycles. The third-order valence-corrected chi connectivity index (χ3v) is 1.72. The number of carboxylic acids is 1. The van der Waals surface area contributed by atoms with Crippen LogP contribution in [0.5, 0.6) is 0 Å². The SMILES string of the molecule is C/C(=C\c1ccc(Br)o1)C(=O)O. The van der Waals surface area contributed by atoms with Crippen LogP contribution in [0.15, 0.2) is 26.8 Å². The molecule has 1 rings (SSSR count). The van der Waals surface area contributed by atoms with E-state index in [-0.39, 0.29) is 5.57 Å². The van der Waals surface area contributed by atoms with Gasteiger partial charge < -0.3 is 9.52 Å². The van der Waals surface area contributed by atoms with Crippen molar-refractivity contribution in [1.82, 2.24) is 0 Å². The zero-order valence-corrected chi connectivity index (χ0v) is 7.96. The topological polar surface area (TPSA) is 50.4 Å². The minimum absolute atomic E-state index is 0.247. The Kier molecular flexibility index (Phi) is 2.70. The van der Waals surface area contributed by atoms with Crippen LogP contribution in [-0.4, -0.2) is 11.1 Å². The Bertz CT molecular complexity index is 325. The quantitative estimate of drug-likeness (QED) is 0.795. The van der Waals surface area contributed by atoms with E-state index in [1.807, 2.05) is 0 Å². The summed E-state index contributed by atoms with van der Waals surface area (Å²) in [6.45, 7) is 1.51. The van der Waals surface area contributed by atoms with Crippen molar-refractivity contribution in [3.63, 3.8) is 0 Å². The Morgan fingerprint density at radius 3 is 2.75 bits per heavy atom. The number of rotatable bonds is 2. The van der Waals surface area contributed by atoms with Gasteiger partial charge in [-0.05, 0) is 41.1 Å². The van der Waals surface area contributed by atoms with Crippen molar-refractivity contribution in [2.75, 3.05) is 0 Å². The van der Waals surface area contributed by atoms with E-state index in [1.54, 1.807) is 12.1 Å². The summed E-state index contributed by atoms with van der Waals surface area (Å²) in [4.78, 5) is 10.4. The molecule has 0 bridgehead atoms. The molecule has 4 heteroatoms. The highest BCUT2D eigenvalue weighted by molar-refractivity contribution is 9.10. The van der Waals surface area contributed by atoms with Crippen LogP contribution < -0.4 is 0 Å². The van der Waals surface area contributed by atoms with E-state index in [9.17, 15) is 4.79 Å². The van der Waals surface area contributed by atoms with Gasteiger partial charge in [0.25, 0.3) is 0 Å². The molecule has 0 aliphatic rings. The van der Waals surface area contributed by atoms with Gasteiger partial charge in [-0.15, -0.1) is 0 Å². The first-order valence-electron chi connectivity index (χ1n) is 3.26. The first-order valence-corrected chi connectivity index (χ1v) is 4.06. The second-order valence-electron chi connectivity index (χ2n) is 2.27. The van der Waals surface area contributed by atoms with Gasteiger partial charge in [0.2, 0.25) is 0 Å². The zero-order chi connectivity index (χ0) is 9.14. The summed E-state index contributed by atoms with van der Waals surface area (Å²) in [5.74, 6) is -0.413. The maximum atomic E-state index is 10.4. The second kappa shape index (κ2) is 3.58. The van der Waals surface area contributed by atoms with Crippen LogP contribution in [0.25, 0.3) is 6.08 Å². The third-order valence-electron chi connectivity index (χ3n) is 1.29. The average Bonchev–Trinajstić information content (AvgIpc) is 2.35. The third kappa shape index (κ3) is 2.23. The van der Waals surface area contributed by atoms with Gasteiger partial charge in [0, 0.05) is 5.57 Å². The van der Waals surface area contributed by atoms with Crippen molar-refractivity contribution in [3.05, 3.63) is 28.1 Å². The van der Waals surface area contributed by atoms with Crippen LogP contribution >= 0.6 is 15.9 Å². The Morgan fingerprint density at radius 1 is 1.67 bits per heavy atom. The van der Waals surface area contributed by atoms with Crippen LogP contribution in [0.3, 0.4) is 0 Å². The van der Waals surface area contributed by atoms with E-state index in [4.69, 9.17) is 9.52 Å². The predicted octanol–water partition coefficient (Wildman–Crippen LogP) is 2.53. The van der Waals surface area contributed by atoms with Crippen molar-refractivity contribution in [3.8, 4) is 0 Å². The standard InChI is InChI=1S/C8H7BrO3/c1-5(8(10)11)4-6-2-3-7(9)12-6/h2-4H,1H3,(H,10,11)/b5-4+. The van der Waals surface area contributed by atoms with Gasteiger partial charge >= 0.3 is 5.97 Å². The van der Waals surface area contributed by atoms with Crippen LogP contribution in [-0.2, 0) is 4.79 Å². The maximum absolute atomic E-state index is 10.4. The molecule has 0 spiro atoms. The highest BCUT2D eigenvalue weighted by atomic mass is 79.9. The number of hydrogen-bond acceptors (Lipinski definition) is 2. The lowest BCUT2D eigenvalue weighted by atomic mass is 10.2. The molecule has 0 aliphatic carbocycles. The summed E-state index contributed by atoms with van der Waals surface area (Å²) in [5, 5.41) is 8.53. The van der Waals surface area contributed by atoms with Gasteiger partial charge in [0.1, 0.15) is 5.76 Å². The molecule has 0 saturated carbocycles. The van der Waals surface area contributed by atoms with E-state index in [1.165, 1.54) is 13.0 Å². The van der Waals surface area contributed by atoms with E-state index in [2.05, 4.69) is 15.9 Å². The first kappa shape index (κ1) is 9.06. The van der Waals surface area contributed by atoms with Gasteiger partial charge in [-0.1, -0.05) is 0 Å². The molecule has 0 atom stereocenters. The largest absolute Gasteiger partial charge is 0.478 e. The fraction of sp³-hybridized carbons (Fsp3) is 0.125. The van der Waals surface area contributed by atoms with Crippen LogP contribution in [0.1, 0.15) is 12.7 Å². The molecule has 64 valence electrons. The zero-order valence-electron chi connectivity index (χ0n) is 6.37. The molecule has 3 nitrogen and oxygen atoms in total. The number of furan rings is 1. The van der Waals surface area contributed by atoms with E-state index >= 15 is 0 Å². The summed E-state index contributed by atoms with van der Waals surface area (Å²) < 4.78 is 5.67. The summed E-state index contributed by atoms with van der Waals surface area (Å²) >= 11 is 3.12. The van der Waals surface area contributed by atoms with Gasteiger partial charge in [-0.25, -0.2) is 4.79 Å². The molecular weight excluding hydrogens is 224 g/mol. The second-order valence-corrected chi connectivity index (χ2v) is 3.06. The van der Waals surface area contributed by atoms with Gasteiger partial charge in [-0.3, -0.25) is 0 Å². The fourth-order valence-electron chi connectivity index (χ4n) is 0.681. The molecule has 0 aromatic carbocycles. The molecule has 12 heavy (non-hydrogen) atoms. The number of carbonyl (C=O) groups is 1. The number of halogens is 1. The summed E-state index contributed by atoms with van der Waals surface area (Å²) in [6.07, 6.45) is 1.47. The van der Waals surface area contributed by atoms with E-state index in [0.29, 0.717) is 10.4 Å². The molecule has 0 radical (unpaired) electrons. The highest BCUT2D eigenvalue weighted by Crippen LogP contribution is 2.16. The van der Waals surface area contributed by atoms with Crippen molar-refractivity contribution in [1.29, 1.82) is 0 Å². The lowest BCUT2D eigenvalue weighted by molar-refractivity contribution is -0.132. The minimum atomic E-state index is -0.942. The monoisotopic (exact) mass is 230 g/mol. The predicted molar refractivity (Wildman–Crippen MR) is 47.7 cm³/mol. The van der Waals surface area contributed by atoms with Crippen LogP contribution in [0.4, 0.5) is 0 Å². The Labute approximate surface area is 77.8 Å². The smallest absolute Gasteiger partial charge is 0.331 e. The van der Waals surface area contributed by atoms with Crippen molar-refractivity contribution >= 4 is 28.0 Å². The van der Waals surface area contributed by atoms with Crippen LogP contribution in [0.2, 0.25) is 0 Å². The van der Waals surface area contributed by atoms with Gasteiger partial charge in [0.05, 0.1) is 0 Å². The summed E-state index contributed by atoms with van der Waals surface area (Å²) in [7, 11) is 0. The fourth-order valence-corrected chi connectivity index (χ4v) is 1.00. The van der Waals surface area contributed by atoms with Crippen LogP contribution in [0, 0.1) is 0 Å². The molecule has 1 N–H and O–H groups in total. The number of aliphatic carboxylic acids is 1. The van der Waals surface area contributed by atoms with Crippen molar-refractivity contribution in [2.24, 2.45) is 0 Å². The molecule has 0 amide bonds. The molecular formula is C8H7BrO3. The molecule has 0 unspecified atom stereocenters. The highest BCUT2D eigenvalue weighted by Gasteiger charge is 2.01. The maximum Gasteiger partial charge on any atom is 0.331 e. The number of carboxylic acid groups (broad SMARTS) is 1. The molecule has 1 aromatic rings.